The first-order valence-corrected chi connectivity index (χ1v) is 11.0. The number of carbonyl (C=O) groups is 3. The average molecular weight is 438 g/mol. The normalized spacial score (nSPS) is 38.3. The molecule has 2 aliphatic carbocycles. The van der Waals surface area contributed by atoms with E-state index in [-0.39, 0.29) is 17.1 Å². The van der Waals surface area contributed by atoms with E-state index < -0.39 is 52.8 Å². The van der Waals surface area contributed by atoms with Crippen molar-refractivity contribution in [2.45, 2.75) is 57.3 Å². The highest BCUT2D eigenvalue weighted by atomic mass is 16.6. The number of Topliss-reactive ketones (excluding diaryl/α,β-unsaturated/α-hetero) is 1. The number of carbonyl (C=O) groups excluding carboxylic acids is 3. The highest BCUT2D eigenvalue weighted by molar-refractivity contribution is 6.22. The van der Waals surface area contributed by atoms with Crippen LogP contribution in [0.4, 0.5) is 0 Å². The van der Waals surface area contributed by atoms with Gasteiger partial charge in [-0.15, -0.1) is 0 Å². The molecule has 2 bridgehead atoms. The molecular weight excluding hydrogens is 412 g/mol. The Hall–Kier alpha value is -2.93. The Balaban J connectivity index is 1.64. The topological polar surface area (TPSA) is 99.1 Å². The lowest BCUT2D eigenvalue weighted by atomic mass is 9.48. The van der Waals surface area contributed by atoms with E-state index in [0.717, 1.165) is 12.8 Å². The average Bonchev–Trinajstić information content (AvgIpc) is 3.03. The van der Waals surface area contributed by atoms with Gasteiger partial charge < -0.3 is 19.3 Å². The molecule has 168 valence electrons. The van der Waals surface area contributed by atoms with E-state index >= 15 is 0 Å². The quantitative estimate of drug-likeness (QED) is 0.560. The number of aliphatic hydroxyl groups is 1. The molecule has 1 unspecified atom stereocenters. The van der Waals surface area contributed by atoms with Crippen molar-refractivity contribution in [3.8, 4) is 0 Å². The third kappa shape index (κ3) is 2.67. The van der Waals surface area contributed by atoms with Crippen LogP contribution in [0.2, 0.25) is 0 Å². The summed E-state index contributed by atoms with van der Waals surface area (Å²) in [7, 11) is 0. The number of cyclic esters (lactones) is 1. The van der Waals surface area contributed by atoms with E-state index in [1.165, 1.54) is 0 Å². The lowest BCUT2D eigenvalue weighted by Gasteiger charge is -2.59. The van der Waals surface area contributed by atoms with Crippen LogP contribution in [0.5, 0.6) is 0 Å². The standard InChI is InChI=1S/C25H26O7/c1-13-18-21(32-22(27)15-9-5-4-6-10-15)25(29)12-8-7-11-16(25)24(13,3)20(26)17-19(31-18)14(2)30-23(17)28/h4-6,9-10,13,16,18,21,29H,2,7-8,11-12H2,1,3H3/t13-,16+,18+,21-,24-,25?/m1/s1. The molecule has 0 spiro atoms. The van der Waals surface area contributed by atoms with Crippen molar-refractivity contribution >= 4 is 17.7 Å². The van der Waals surface area contributed by atoms with Crippen molar-refractivity contribution in [2.24, 2.45) is 17.3 Å². The summed E-state index contributed by atoms with van der Waals surface area (Å²) in [4.78, 5) is 39.3. The summed E-state index contributed by atoms with van der Waals surface area (Å²) >= 11 is 0. The predicted octanol–water partition coefficient (Wildman–Crippen LogP) is 3.08. The van der Waals surface area contributed by atoms with Gasteiger partial charge in [0.15, 0.2) is 23.4 Å². The van der Waals surface area contributed by atoms with Crippen LogP contribution in [0, 0.1) is 17.3 Å². The van der Waals surface area contributed by atoms with Gasteiger partial charge in [-0.05, 0) is 25.0 Å². The maximum absolute atomic E-state index is 13.8. The van der Waals surface area contributed by atoms with Crippen LogP contribution in [0.25, 0.3) is 0 Å². The third-order valence-corrected chi connectivity index (χ3v) is 7.99. The largest absolute Gasteiger partial charge is 0.481 e. The number of benzene rings is 1. The lowest BCUT2D eigenvalue weighted by Crippen LogP contribution is -2.70. The highest BCUT2D eigenvalue weighted by Crippen LogP contribution is 2.60. The Morgan fingerprint density at radius 3 is 2.66 bits per heavy atom. The van der Waals surface area contributed by atoms with Gasteiger partial charge in [0.25, 0.3) is 0 Å². The smallest absolute Gasteiger partial charge is 0.351 e. The maximum atomic E-state index is 13.8. The molecule has 6 atom stereocenters. The van der Waals surface area contributed by atoms with E-state index in [1.807, 2.05) is 6.92 Å². The summed E-state index contributed by atoms with van der Waals surface area (Å²) in [6.07, 6.45) is 0.640. The van der Waals surface area contributed by atoms with Crippen molar-refractivity contribution in [1.82, 2.24) is 0 Å². The Kier molecular flexibility index (Phi) is 4.60. The fourth-order valence-corrected chi connectivity index (χ4v) is 6.17. The van der Waals surface area contributed by atoms with Crippen molar-refractivity contribution in [3.63, 3.8) is 0 Å². The summed E-state index contributed by atoms with van der Waals surface area (Å²) < 4.78 is 17.2. The van der Waals surface area contributed by atoms with E-state index in [9.17, 15) is 19.5 Å². The van der Waals surface area contributed by atoms with Crippen LogP contribution in [-0.2, 0) is 23.8 Å². The van der Waals surface area contributed by atoms with Gasteiger partial charge >= 0.3 is 11.9 Å². The Morgan fingerprint density at radius 1 is 1.22 bits per heavy atom. The molecule has 1 aromatic rings. The zero-order valence-electron chi connectivity index (χ0n) is 18.1. The number of fused-ring (bicyclic) bond motifs is 4. The van der Waals surface area contributed by atoms with Gasteiger partial charge in [-0.2, -0.15) is 0 Å². The molecule has 7 nitrogen and oxygen atoms in total. The lowest BCUT2D eigenvalue weighted by molar-refractivity contribution is -0.247. The molecule has 2 fully saturated rings. The van der Waals surface area contributed by atoms with Gasteiger partial charge in [-0.3, -0.25) is 4.79 Å². The summed E-state index contributed by atoms with van der Waals surface area (Å²) in [5, 5.41) is 12.0. The molecule has 32 heavy (non-hydrogen) atoms. The third-order valence-electron chi connectivity index (χ3n) is 7.99. The number of hydrogen-bond acceptors (Lipinski definition) is 7. The molecule has 1 aromatic carbocycles. The minimum Gasteiger partial charge on any atom is -0.481 e. The number of hydrogen-bond donors (Lipinski definition) is 1. The first-order valence-electron chi connectivity index (χ1n) is 11.0. The van der Waals surface area contributed by atoms with E-state index in [0.29, 0.717) is 18.4 Å². The molecule has 1 N–H and O–H groups in total. The molecule has 5 rings (SSSR count). The fraction of sp³-hybridized carbons (Fsp3) is 0.480. The summed E-state index contributed by atoms with van der Waals surface area (Å²) in [6, 6.07) is 8.55. The van der Waals surface area contributed by atoms with Crippen molar-refractivity contribution in [1.29, 1.82) is 0 Å². The van der Waals surface area contributed by atoms with Crippen LogP contribution >= 0.6 is 0 Å². The number of esters is 2. The van der Waals surface area contributed by atoms with Gasteiger partial charge in [-0.1, -0.05) is 51.5 Å². The fourth-order valence-electron chi connectivity index (χ4n) is 6.17. The first kappa shape index (κ1) is 20.9. The van der Waals surface area contributed by atoms with Gasteiger partial charge in [0, 0.05) is 17.3 Å². The van der Waals surface area contributed by atoms with E-state index in [4.69, 9.17) is 14.2 Å². The van der Waals surface area contributed by atoms with Crippen LogP contribution in [0.1, 0.15) is 49.9 Å². The number of rotatable bonds is 2. The molecule has 2 aliphatic heterocycles. The van der Waals surface area contributed by atoms with Crippen LogP contribution < -0.4 is 0 Å². The molecule has 0 radical (unpaired) electrons. The zero-order valence-corrected chi connectivity index (χ0v) is 18.1. The molecule has 0 amide bonds. The summed E-state index contributed by atoms with van der Waals surface area (Å²) in [5.41, 5.74) is -2.35. The van der Waals surface area contributed by atoms with Crippen molar-refractivity contribution in [2.75, 3.05) is 0 Å². The van der Waals surface area contributed by atoms with E-state index in [1.54, 1.807) is 37.3 Å². The van der Waals surface area contributed by atoms with Crippen LogP contribution in [0.15, 0.2) is 54.0 Å². The molecule has 7 heteroatoms. The van der Waals surface area contributed by atoms with Crippen LogP contribution in [0.3, 0.4) is 0 Å². The number of ketones is 1. The highest BCUT2D eigenvalue weighted by Gasteiger charge is 2.70. The Bertz CT molecular complexity index is 1060. The second kappa shape index (κ2) is 7.04. The summed E-state index contributed by atoms with van der Waals surface area (Å²) in [6.45, 7) is 7.37. The predicted molar refractivity (Wildman–Crippen MR) is 112 cm³/mol. The molecular formula is C25H26O7. The minimum atomic E-state index is -1.46. The second-order valence-corrected chi connectivity index (χ2v) is 9.48. The van der Waals surface area contributed by atoms with Gasteiger partial charge in [0.1, 0.15) is 17.3 Å². The second-order valence-electron chi connectivity index (χ2n) is 9.48. The van der Waals surface area contributed by atoms with Crippen LogP contribution in [-0.4, -0.2) is 40.6 Å². The van der Waals surface area contributed by atoms with E-state index in [2.05, 4.69) is 6.58 Å². The maximum Gasteiger partial charge on any atom is 0.351 e. The van der Waals surface area contributed by atoms with Gasteiger partial charge in [0.05, 0.1) is 5.56 Å². The van der Waals surface area contributed by atoms with Gasteiger partial charge in [0.2, 0.25) is 0 Å². The minimum absolute atomic E-state index is 0.0106. The Morgan fingerprint density at radius 2 is 1.94 bits per heavy atom. The molecule has 4 aliphatic rings. The molecule has 2 heterocycles. The SMILES string of the molecule is C=C1OC(=O)C2=C1O[C@@H]1[C@@H](OC(=O)c3ccccc3)C3(O)CCCC[C@H]3[C@](C)(C2=O)[C@@H]1C. The Labute approximate surface area is 186 Å². The number of ether oxygens (including phenoxy) is 3. The van der Waals surface area contributed by atoms with Crippen molar-refractivity contribution < 1.29 is 33.7 Å². The van der Waals surface area contributed by atoms with Crippen molar-refractivity contribution in [3.05, 3.63) is 59.6 Å². The summed E-state index contributed by atoms with van der Waals surface area (Å²) in [5.74, 6) is -2.74. The monoisotopic (exact) mass is 438 g/mol. The molecule has 2 saturated carbocycles. The van der Waals surface area contributed by atoms with Gasteiger partial charge in [-0.25, -0.2) is 9.59 Å². The first-order chi connectivity index (χ1) is 15.2. The molecule has 0 saturated heterocycles. The molecule has 0 aromatic heterocycles. The zero-order chi connectivity index (χ0) is 22.8.